The molecule has 126 valence electrons. The number of benzene rings is 2. The van der Waals surface area contributed by atoms with E-state index >= 15 is 0 Å². The van der Waals surface area contributed by atoms with Crippen molar-refractivity contribution in [2.45, 2.75) is 25.9 Å². The summed E-state index contributed by atoms with van der Waals surface area (Å²) < 4.78 is 0.926. The summed E-state index contributed by atoms with van der Waals surface area (Å²) in [7, 11) is 0. The van der Waals surface area contributed by atoms with Gasteiger partial charge in [-0.25, -0.2) is 9.91 Å². The molecule has 0 aromatic heterocycles. The van der Waals surface area contributed by atoms with Gasteiger partial charge in [0.25, 0.3) is 11.8 Å². The number of carbonyl (C=O) groups excluding carboxylic acids is 2. The number of hydrogen-bond donors (Lipinski definition) is 0. The molecular formula is C18H15BrN4O2. The molecule has 6 nitrogen and oxygen atoms in total. The van der Waals surface area contributed by atoms with Crippen molar-refractivity contribution in [3.05, 3.63) is 58.1 Å². The third kappa shape index (κ3) is 2.55. The zero-order valence-corrected chi connectivity index (χ0v) is 15.3. The second kappa shape index (κ2) is 5.77. The van der Waals surface area contributed by atoms with Crippen LogP contribution in [-0.4, -0.2) is 23.9 Å². The summed E-state index contributed by atoms with van der Waals surface area (Å²) >= 11 is 3.38. The Hall–Kier alpha value is -2.54. The summed E-state index contributed by atoms with van der Waals surface area (Å²) in [6.45, 7) is 3.88. The number of rotatable bonds is 2. The maximum absolute atomic E-state index is 13.0. The minimum absolute atomic E-state index is 0.298. The number of aryl methyl sites for hydroxylation is 2. The van der Waals surface area contributed by atoms with Gasteiger partial charge in [-0.3, -0.25) is 9.59 Å². The number of carbonyl (C=O) groups is 2. The summed E-state index contributed by atoms with van der Waals surface area (Å²) in [5.74, 6) is -0.628. The van der Waals surface area contributed by atoms with E-state index in [-0.39, 0.29) is 11.8 Å². The Morgan fingerprint density at radius 1 is 0.920 bits per heavy atom. The highest BCUT2D eigenvalue weighted by atomic mass is 79.9. The summed E-state index contributed by atoms with van der Waals surface area (Å²) in [6.07, 6.45) is 0. The molecule has 1 fully saturated rings. The highest BCUT2D eigenvalue weighted by Crippen LogP contribution is 2.35. The van der Waals surface area contributed by atoms with Crippen molar-refractivity contribution >= 4 is 39.1 Å². The monoisotopic (exact) mass is 398 g/mol. The zero-order chi connectivity index (χ0) is 17.7. The van der Waals surface area contributed by atoms with E-state index in [1.807, 2.05) is 56.3 Å². The maximum Gasteiger partial charge on any atom is 0.263 e. The van der Waals surface area contributed by atoms with Crippen LogP contribution in [0.15, 0.2) is 57.3 Å². The van der Waals surface area contributed by atoms with Crippen LogP contribution in [0.25, 0.3) is 0 Å². The van der Waals surface area contributed by atoms with Crippen LogP contribution in [0.3, 0.4) is 0 Å². The molecule has 2 amide bonds. The molecule has 0 aliphatic carbocycles. The van der Waals surface area contributed by atoms with Gasteiger partial charge in [0.1, 0.15) is 0 Å². The van der Waals surface area contributed by atoms with Crippen LogP contribution in [0.2, 0.25) is 0 Å². The van der Waals surface area contributed by atoms with Crippen LogP contribution >= 0.6 is 15.9 Å². The molecule has 0 N–H and O–H groups in total. The summed E-state index contributed by atoms with van der Waals surface area (Å²) in [4.78, 5) is 27.0. The van der Waals surface area contributed by atoms with Gasteiger partial charge < -0.3 is 0 Å². The van der Waals surface area contributed by atoms with E-state index in [0.29, 0.717) is 5.69 Å². The predicted molar refractivity (Wildman–Crippen MR) is 97.5 cm³/mol. The van der Waals surface area contributed by atoms with Gasteiger partial charge in [0.15, 0.2) is 12.1 Å². The second-order valence-corrected chi connectivity index (χ2v) is 7.19. The Labute approximate surface area is 153 Å². The van der Waals surface area contributed by atoms with E-state index in [4.69, 9.17) is 0 Å². The van der Waals surface area contributed by atoms with Crippen LogP contribution < -0.4 is 9.91 Å². The lowest BCUT2D eigenvalue weighted by Crippen LogP contribution is -2.39. The summed E-state index contributed by atoms with van der Waals surface area (Å²) in [5.41, 5.74) is 3.31. The molecule has 4 rings (SSSR count). The van der Waals surface area contributed by atoms with Gasteiger partial charge in [-0.1, -0.05) is 27.2 Å². The number of anilines is 2. The number of amides is 2. The minimum atomic E-state index is -0.794. The van der Waals surface area contributed by atoms with Crippen molar-refractivity contribution in [3.63, 3.8) is 0 Å². The van der Waals surface area contributed by atoms with Crippen molar-refractivity contribution in [1.29, 1.82) is 0 Å². The van der Waals surface area contributed by atoms with Crippen LogP contribution in [0.4, 0.5) is 11.4 Å². The van der Waals surface area contributed by atoms with Crippen molar-refractivity contribution in [1.82, 2.24) is 0 Å². The summed E-state index contributed by atoms with van der Waals surface area (Å²) in [5, 5.41) is 9.64. The SMILES string of the molecule is Cc1cc(C)cc(N2C(=O)C3N=NN(c4ccc(Br)cc4)C3C2=O)c1. The first-order valence-corrected chi connectivity index (χ1v) is 8.67. The van der Waals surface area contributed by atoms with Crippen LogP contribution in [-0.2, 0) is 9.59 Å². The predicted octanol–water partition coefficient (Wildman–Crippen LogP) is 3.56. The Bertz CT molecular complexity index is 890. The smallest absolute Gasteiger partial charge is 0.263 e. The fourth-order valence-electron chi connectivity index (χ4n) is 3.30. The second-order valence-electron chi connectivity index (χ2n) is 6.27. The molecule has 2 aromatic rings. The molecule has 0 spiro atoms. The van der Waals surface area contributed by atoms with Gasteiger partial charge in [0, 0.05) is 4.47 Å². The molecule has 2 aromatic carbocycles. The summed E-state index contributed by atoms with van der Waals surface area (Å²) in [6, 6.07) is 11.6. The molecule has 2 atom stereocenters. The lowest BCUT2D eigenvalue weighted by Gasteiger charge is -2.21. The first-order valence-electron chi connectivity index (χ1n) is 7.87. The van der Waals surface area contributed by atoms with Gasteiger partial charge in [-0.05, 0) is 61.4 Å². The Morgan fingerprint density at radius 2 is 1.56 bits per heavy atom. The van der Waals surface area contributed by atoms with Crippen LogP contribution in [0, 0.1) is 13.8 Å². The molecule has 2 unspecified atom stereocenters. The lowest BCUT2D eigenvalue weighted by atomic mass is 10.1. The van der Waals surface area contributed by atoms with Gasteiger partial charge >= 0.3 is 0 Å². The van der Waals surface area contributed by atoms with Crippen LogP contribution in [0.1, 0.15) is 11.1 Å². The molecule has 25 heavy (non-hydrogen) atoms. The Balaban J connectivity index is 1.71. The third-order valence-electron chi connectivity index (χ3n) is 4.34. The fraction of sp³-hybridized carbons (Fsp3) is 0.222. The highest BCUT2D eigenvalue weighted by molar-refractivity contribution is 9.10. The zero-order valence-electron chi connectivity index (χ0n) is 13.7. The Kier molecular flexibility index (Phi) is 3.68. The molecule has 1 saturated heterocycles. The van der Waals surface area contributed by atoms with Gasteiger partial charge in [0.05, 0.1) is 11.4 Å². The number of hydrogen-bond acceptors (Lipinski definition) is 5. The van der Waals surface area contributed by atoms with E-state index in [2.05, 4.69) is 26.3 Å². The number of fused-ring (bicyclic) bond motifs is 1. The number of nitrogens with zero attached hydrogens (tertiary/aromatic N) is 4. The van der Waals surface area contributed by atoms with E-state index in [1.165, 1.54) is 9.91 Å². The average molecular weight is 399 g/mol. The van der Waals surface area contributed by atoms with Crippen molar-refractivity contribution in [2.24, 2.45) is 10.3 Å². The minimum Gasteiger partial charge on any atom is -0.271 e. The molecule has 2 aliphatic rings. The average Bonchev–Trinajstić information content (AvgIpc) is 3.08. The maximum atomic E-state index is 13.0. The molecule has 7 heteroatoms. The number of halogens is 1. The van der Waals surface area contributed by atoms with Gasteiger partial charge in [0.2, 0.25) is 0 Å². The fourth-order valence-corrected chi connectivity index (χ4v) is 3.57. The number of imide groups is 1. The van der Waals surface area contributed by atoms with Crippen LogP contribution in [0.5, 0.6) is 0 Å². The Morgan fingerprint density at radius 3 is 2.20 bits per heavy atom. The molecule has 0 saturated carbocycles. The first-order chi connectivity index (χ1) is 12.0. The van der Waals surface area contributed by atoms with E-state index in [9.17, 15) is 9.59 Å². The van der Waals surface area contributed by atoms with Gasteiger partial charge in [-0.2, -0.15) is 5.11 Å². The first kappa shape index (κ1) is 16.0. The van der Waals surface area contributed by atoms with Crippen molar-refractivity contribution < 1.29 is 9.59 Å². The van der Waals surface area contributed by atoms with Crippen molar-refractivity contribution in [2.75, 3.05) is 9.91 Å². The van der Waals surface area contributed by atoms with E-state index in [1.54, 1.807) is 0 Å². The highest BCUT2D eigenvalue weighted by Gasteiger charge is 2.55. The van der Waals surface area contributed by atoms with E-state index in [0.717, 1.165) is 21.3 Å². The normalized spacial score (nSPS) is 22.0. The molecule has 2 aliphatic heterocycles. The molecule has 2 heterocycles. The van der Waals surface area contributed by atoms with E-state index < -0.39 is 12.1 Å². The quantitative estimate of drug-likeness (QED) is 0.726. The lowest BCUT2D eigenvalue weighted by molar-refractivity contribution is -0.121. The molecule has 0 radical (unpaired) electrons. The topological polar surface area (TPSA) is 65.3 Å². The largest absolute Gasteiger partial charge is 0.271 e. The standard InChI is InChI=1S/C18H15BrN4O2/c1-10-7-11(2)9-14(8-10)22-17(24)15-16(18(22)25)23(21-20-15)13-5-3-12(19)4-6-13/h3-9,15-16H,1-2H3. The molecule has 0 bridgehead atoms. The molecular weight excluding hydrogens is 384 g/mol. The third-order valence-corrected chi connectivity index (χ3v) is 4.87. The van der Waals surface area contributed by atoms with Crippen molar-refractivity contribution in [3.8, 4) is 0 Å². The van der Waals surface area contributed by atoms with Gasteiger partial charge in [-0.15, -0.1) is 0 Å².